The van der Waals surface area contributed by atoms with Crippen LogP contribution in [-0.4, -0.2) is 36.5 Å². The fourth-order valence-electron chi connectivity index (χ4n) is 2.85. The molecule has 0 spiro atoms. The largest absolute Gasteiger partial charge is 0.454 e. The molecule has 1 aliphatic rings. The van der Waals surface area contributed by atoms with Crippen LogP contribution in [0.4, 0.5) is 5.69 Å². The highest BCUT2D eigenvalue weighted by Gasteiger charge is 2.25. The number of aromatic nitrogens is 1. The van der Waals surface area contributed by atoms with E-state index in [4.69, 9.17) is 9.26 Å². The third-order valence-corrected chi connectivity index (χ3v) is 4.29. The summed E-state index contributed by atoms with van der Waals surface area (Å²) in [6.07, 6.45) is 0.800. The van der Waals surface area contributed by atoms with Gasteiger partial charge in [-0.15, -0.1) is 0 Å². The molecular formula is C18H18N2O5. The Hall–Kier alpha value is -2.96. The van der Waals surface area contributed by atoms with Crippen molar-refractivity contribution in [2.24, 2.45) is 0 Å². The molecular weight excluding hydrogens is 324 g/mol. The number of rotatable bonds is 5. The molecule has 2 aromatic rings. The summed E-state index contributed by atoms with van der Waals surface area (Å²) in [5.74, 6) is -0.597. The van der Waals surface area contributed by atoms with E-state index >= 15 is 0 Å². The summed E-state index contributed by atoms with van der Waals surface area (Å²) in [5.41, 5.74) is 2.79. The van der Waals surface area contributed by atoms with Crippen molar-refractivity contribution in [3.63, 3.8) is 0 Å². The van der Waals surface area contributed by atoms with Gasteiger partial charge in [-0.25, -0.2) is 4.79 Å². The zero-order valence-electron chi connectivity index (χ0n) is 14.3. The Kier molecular flexibility index (Phi) is 4.39. The van der Waals surface area contributed by atoms with Gasteiger partial charge in [0, 0.05) is 18.3 Å². The predicted octanol–water partition coefficient (Wildman–Crippen LogP) is 2.10. The van der Waals surface area contributed by atoms with Gasteiger partial charge >= 0.3 is 5.97 Å². The SMILES string of the molecule is CCc1noc(C)c1C(=O)OCC(=O)c1ccc2c(c1)CC(=O)N2C. The van der Waals surface area contributed by atoms with Crippen LogP contribution in [0.15, 0.2) is 22.7 Å². The first-order chi connectivity index (χ1) is 11.9. The van der Waals surface area contributed by atoms with Gasteiger partial charge in [0.15, 0.2) is 12.4 Å². The molecule has 25 heavy (non-hydrogen) atoms. The van der Waals surface area contributed by atoms with E-state index in [1.165, 1.54) is 0 Å². The van der Waals surface area contributed by atoms with Crippen LogP contribution in [0.1, 0.15) is 44.7 Å². The number of nitrogens with zero attached hydrogens (tertiary/aromatic N) is 2. The number of ketones is 1. The fourth-order valence-corrected chi connectivity index (χ4v) is 2.85. The van der Waals surface area contributed by atoms with E-state index < -0.39 is 5.97 Å². The molecule has 2 heterocycles. The quantitative estimate of drug-likeness (QED) is 0.611. The number of amides is 1. The number of fused-ring (bicyclic) bond motifs is 1. The van der Waals surface area contributed by atoms with E-state index in [2.05, 4.69) is 5.16 Å². The van der Waals surface area contributed by atoms with E-state index in [-0.39, 0.29) is 30.3 Å². The van der Waals surface area contributed by atoms with Crippen molar-refractivity contribution in [1.29, 1.82) is 0 Å². The predicted molar refractivity (Wildman–Crippen MR) is 88.8 cm³/mol. The second kappa shape index (κ2) is 6.51. The number of hydrogen-bond donors (Lipinski definition) is 0. The summed E-state index contributed by atoms with van der Waals surface area (Å²) in [4.78, 5) is 37.8. The number of likely N-dealkylation sites (N-methyl/N-ethyl adjacent to an activating group) is 1. The monoisotopic (exact) mass is 342 g/mol. The number of ether oxygens (including phenoxy) is 1. The van der Waals surface area contributed by atoms with Gasteiger partial charge in [-0.05, 0) is 37.1 Å². The minimum atomic E-state index is -0.625. The van der Waals surface area contributed by atoms with Gasteiger partial charge in [0.1, 0.15) is 11.3 Å². The molecule has 0 fully saturated rings. The van der Waals surface area contributed by atoms with E-state index in [9.17, 15) is 14.4 Å². The molecule has 0 unspecified atom stereocenters. The minimum absolute atomic E-state index is 0.0129. The standard InChI is InChI=1S/C18H18N2O5/c1-4-13-17(10(2)25-19-13)18(23)24-9-15(21)11-5-6-14-12(7-11)8-16(22)20(14)3/h5-7H,4,8-9H2,1-3H3. The van der Waals surface area contributed by atoms with Crippen LogP contribution in [0.2, 0.25) is 0 Å². The Labute approximate surface area is 144 Å². The van der Waals surface area contributed by atoms with E-state index in [0.717, 1.165) is 11.3 Å². The molecule has 0 radical (unpaired) electrons. The number of carbonyl (C=O) groups excluding carboxylic acids is 3. The molecule has 1 aliphatic heterocycles. The van der Waals surface area contributed by atoms with Gasteiger partial charge in [0.25, 0.3) is 0 Å². The van der Waals surface area contributed by atoms with Crippen molar-refractivity contribution >= 4 is 23.3 Å². The highest BCUT2D eigenvalue weighted by Crippen LogP contribution is 2.28. The molecule has 1 amide bonds. The van der Waals surface area contributed by atoms with Crippen LogP contribution in [0.25, 0.3) is 0 Å². The molecule has 7 heteroatoms. The Balaban J connectivity index is 1.69. The Bertz CT molecular complexity index is 868. The van der Waals surface area contributed by atoms with Crippen molar-refractivity contribution < 1.29 is 23.6 Å². The number of Topliss-reactive ketones (excluding diaryl/α,β-unsaturated/α-hetero) is 1. The second-order valence-corrected chi connectivity index (χ2v) is 5.89. The van der Waals surface area contributed by atoms with Crippen molar-refractivity contribution in [2.45, 2.75) is 26.7 Å². The number of hydrogen-bond acceptors (Lipinski definition) is 6. The Morgan fingerprint density at radius 1 is 1.36 bits per heavy atom. The first kappa shape index (κ1) is 16.9. The van der Waals surface area contributed by atoms with Gasteiger partial charge < -0.3 is 14.2 Å². The van der Waals surface area contributed by atoms with Crippen LogP contribution in [0, 0.1) is 6.92 Å². The smallest absolute Gasteiger partial charge is 0.344 e. The molecule has 130 valence electrons. The van der Waals surface area contributed by atoms with Gasteiger partial charge in [0.05, 0.1) is 12.1 Å². The van der Waals surface area contributed by atoms with Crippen LogP contribution < -0.4 is 4.90 Å². The Morgan fingerprint density at radius 3 is 2.84 bits per heavy atom. The molecule has 0 atom stereocenters. The highest BCUT2D eigenvalue weighted by atomic mass is 16.5. The normalized spacial score (nSPS) is 13.1. The lowest BCUT2D eigenvalue weighted by Gasteiger charge is -2.10. The molecule has 0 N–H and O–H groups in total. The fraction of sp³-hybridized carbons (Fsp3) is 0.333. The summed E-state index contributed by atoms with van der Waals surface area (Å²) >= 11 is 0. The number of benzene rings is 1. The van der Waals surface area contributed by atoms with Gasteiger partial charge in [-0.2, -0.15) is 0 Å². The lowest BCUT2D eigenvalue weighted by molar-refractivity contribution is -0.117. The van der Waals surface area contributed by atoms with Crippen LogP contribution in [0.5, 0.6) is 0 Å². The Morgan fingerprint density at radius 2 is 2.12 bits per heavy atom. The number of esters is 1. The lowest BCUT2D eigenvalue weighted by atomic mass is 10.1. The maximum Gasteiger partial charge on any atom is 0.344 e. The van der Waals surface area contributed by atoms with Crippen LogP contribution in [0.3, 0.4) is 0 Å². The number of carbonyl (C=O) groups is 3. The zero-order valence-corrected chi connectivity index (χ0v) is 14.3. The summed E-state index contributed by atoms with van der Waals surface area (Å²) < 4.78 is 10.1. The average molecular weight is 342 g/mol. The third kappa shape index (κ3) is 3.05. The first-order valence-electron chi connectivity index (χ1n) is 7.97. The summed E-state index contributed by atoms with van der Waals surface area (Å²) in [5, 5.41) is 3.80. The minimum Gasteiger partial charge on any atom is -0.454 e. The molecule has 3 rings (SSSR count). The van der Waals surface area contributed by atoms with Crippen molar-refractivity contribution in [2.75, 3.05) is 18.6 Å². The van der Waals surface area contributed by atoms with Crippen LogP contribution >= 0.6 is 0 Å². The summed E-state index contributed by atoms with van der Waals surface area (Å²) in [6.45, 7) is 3.09. The topological polar surface area (TPSA) is 89.7 Å². The molecule has 0 aliphatic carbocycles. The van der Waals surface area contributed by atoms with Crippen molar-refractivity contribution in [3.05, 3.63) is 46.3 Å². The second-order valence-electron chi connectivity index (χ2n) is 5.89. The molecule has 0 saturated heterocycles. The van der Waals surface area contributed by atoms with Gasteiger partial charge in [-0.3, -0.25) is 9.59 Å². The molecule has 1 aromatic carbocycles. The molecule has 1 aromatic heterocycles. The van der Waals surface area contributed by atoms with E-state index in [0.29, 0.717) is 23.4 Å². The average Bonchev–Trinajstić information content (AvgIpc) is 3.11. The summed E-state index contributed by atoms with van der Waals surface area (Å²) in [6, 6.07) is 5.04. The van der Waals surface area contributed by atoms with Gasteiger partial charge in [0.2, 0.25) is 5.91 Å². The van der Waals surface area contributed by atoms with Crippen molar-refractivity contribution in [1.82, 2.24) is 5.16 Å². The maximum absolute atomic E-state index is 12.3. The van der Waals surface area contributed by atoms with E-state index in [1.807, 2.05) is 6.92 Å². The number of aryl methyl sites for hydroxylation is 2. The molecule has 7 nitrogen and oxygen atoms in total. The third-order valence-electron chi connectivity index (χ3n) is 4.29. The zero-order chi connectivity index (χ0) is 18.1. The van der Waals surface area contributed by atoms with Gasteiger partial charge in [-0.1, -0.05) is 12.1 Å². The van der Waals surface area contributed by atoms with Crippen molar-refractivity contribution in [3.8, 4) is 0 Å². The molecule has 0 bridgehead atoms. The molecule has 0 saturated carbocycles. The first-order valence-corrected chi connectivity index (χ1v) is 7.97. The summed E-state index contributed by atoms with van der Waals surface area (Å²) in [7, 11) is 1.70. The van der Waals surface area contributed by atoms with Crippen LogP contribution in [-0.2, 0) is 22.4 Å². The maximum atomic E-state index is 12.3. The lowest BCUT2D eigenvalue weighted by Crippen LogP contribution is -2.20. The number of anilines is 1. The highest BCUT2D eigenvalue weighted by molar-refractivity contribution is 6.04. The van der Waals surface area contributed by atoms with E-state index in [1.54, 1.807) is 37.1 Å².